The average Bonchev–Trinajstić information content (AvgIpc) is 3.18. The van der Waals surface area contributed by atoms with E-state index < -0.39 is 73.5 Å². The maximum absolute atomic E-state index is 14.0. The van der Waals surface area contributed by atoms with Crippen LogP contribution in [0.3, 0.4) is 0 Å². The molecular formula is C28H35N4O10P. The molecule has 15 heteroatoms. The predicted molar refractivity (Wildman–Crippen MR) is 151 cm³/mol. The van der Waals surface area contributed by atoms with Gasteiger partial charge < -0.3 is 18.7 Å². The van der Waals surface area contributed by atoms with Crippen LogP contribution in [-0.4, -0.2) is 52.5 Å². The number of rotatable bonds is 12. The average molecular weight is 619 g/mol. The van der Waals surface area contributed by atoms with Gasteiger partial charge in [-0.15, -0.1) is 0 Å². The van der Waals surface area contributed by atoms with Gasteiger partial charge in [-0.2, -0.15) is 10.3 Å². The molecule has 2 aromatic rings. The molecule has 2 N–H and O–H groups in total. The number of carbonyl (C=O) groups excluding carboxylic acids is 2. The monoisotopic (exact) mass is 618 g/mol. The Bertz CT molecular complexity index is 1520. The molecule has 0 spiro atoms. The van der Waals surface area contributed by atoms with Crippen LogP contribution in [-0.2, 0) is 32.9 Å². The van der Waals surface area contributed by atoms with E-state index in [1.54, 1.807) is 32.0 Å². The molecule has 6 atom stereocenters. The maximum Gasteiger partial charge on any atom is 0.459 e. The number of hydrogen-bond donors (Lipinski definition) is 2. The summed E-state index contributed by atoms with van der Waals surface area (Å²) in [5.74, 6) is -1.41. The molecule has 43 heavy (non-hydrogen) atoms. The van der Waals surface area contributed by atoms with Gasteiger partial charge in [0.15, 0.2) is 12.3 Å². The molecule has 1 aliphatic carbocycles. The molecule has 4 rings (SSSR count). The van der Waals surface area contributed by atoms with Crippen molar-refractivity contribution in [2.45, 2.75) is 77.5 Å². The number of hydrogen-bond acceptors (Lipinski definition) is 11. The normalized spacial score (nSPS) is 25.6. The van der Waals surface area contributed by atoms with E-state index in [1.165, 1.54) is 32.2 Å². The van der Waals surface area contributed by atoms with E-state index in [0.717, 1.165) is 17.1 Å². The summed E-state index contributed by atoms with van der Waals surface area (Å²) in [6, 6.07) is 10.2. The molecule has 2 fully saturated rings. The van der Waals surface area contributed by atoms with Crippen molar-refractivity contribution >= 4 is 19.7 Å². The minimum absolute atomic E-state index is 0.169. The number of H-pyrrole nitrogens is 1. The van der Waals surface area contributed by atoms with Crippen molar-refractivity contribution < 1.29 is 37.4 Å². The second-order valence-corrected chi connectivity index (χ2v) is 12.7. The number of esters is 2. The van der Waals surface area contributed by atoms with Gasteiger partial charge in [0.1, 0.15) is 23.3 Å². The molecule has 1 aliphatic heterocycles. The summed E-state index contributed by atoms with van der Waals surface area (Å²) in [4.78, 5) is 51.9. The van der Waals surface area contributed by atoms with Gasteiger partial charge in [0.05, 0.1) is 24.7 Å². The van der Waals surface area contributed by atoms with Gasteiger partial charge in [-0.05, 0) is 52.7 Å². The van der Waals surface area contributed by atoms with Gasteiger partial charge in [0.25, 0.3) is 5.56 Å². The minimum Gasteiger partial charge on any atom is -0.462 e. The van der Waals surface area contributed by atoms with Crippen LogP contribution in [0.1, 0.15) is 53.2 Å². The molecule has 1 saturated heterocycles. The van der Waals surface area contributed by atoms with Crippen LogP contribution < -0.4 is 20.9 Å². The molecule has 0 bridgehead atoms. The Morgan fingerprint density at radius 1 is 1.21 bits per heavy atom. The van der Waals surface area contributed by atoms with E-state index in [-0.39, 0.29) is 11.7 Å². The van der Waals surface area contributed by atoms with Crippen molar-refractivity contribution in [1.29, 1.82) is 5.26 Å². The van der Waals surface area contributed by atoms with Gasteiger partial charge in [0.2, 0.25) is 0 Å². The summed E-state index contributed by atoms with van der Waals surface area (Å²) < 4.78 is 43.6. The number of nitrogens with one attached hydrogen (secondary N) is 2. The van der Waals surface area contributed by atoms with Gasteiger partial charge in [-0.3, -0.25) is 28.5 Å². The summed E-state index contributed by atoms with van der Waals surface area (Å²) in [6.45, 7) is 5.67. The second-order valence-electron chi connectivity index (χ2n) is 11.0. The van der Waals surface area contributed by atoms with Crippen LogP contribution >= 0.6 is 7.75 Å². The summed E-state index contributed by atoms with van der Waals surface area (Å²) in [5, 5.41) is 12.9. The Kier molecular flexibility index (Phi) is 9.92. The predicted octanol–water partition coefficient (Wildman–Crippen LogP) is 2.81. The second kappa shape index (κ2) is 13.3. The number of nitriles is 1. The molecule has 0 amide bonds. The number of carbonyl (C=O) groups is 2. The summed E-state index contributed by atoms with van der Waals surface area (Å²) in [7, 11) is -4.35. The largest absolute Gasteiger partial charge is 0.462 e. The summed E-state index contributed by atoms with van der Waals surface area (Å²) >= 11 is 0. The highest BCUT2D eigenvalue weighted by Crippen LogP contribution is 2.50. The van der Waals surface area contributed by atoms with Crippen LogP contribution in [0.5, 0.6) is 5.75 Å². The minimum atomic E-state index is -4.35. The smallest absolute Gasteiger partial charge is 0.459 e. The number of benzene rings is 1. The van der Waals surface area contributed by atoms with E-state index in [9.17, 15) is 29.0 Å². The van der Waals surface area contributed by atoms with Gasteiger partial charge >= 0.3 is 25.4 Å². The van der Waals surface area contributed by atoms with E-state index in [4.69, 9.17) is 23.3 Å². The van der Waals surface area contributed by atoms with Crippen molar-refractivity contribution in [3.05, 3.63) is 63.4 Å². The quantitative estimate of drug-likeness (QED) is 0.262. The first kappa shape index (κ1) is 32.2. The Morgan fingerprint density at radius 2 is 1.91 bits per heavy atom. The number of para-hydroxylation sites is 1. The first-order chi connectivity index (χ1) is 20.3. The van der Waals surface area contributed by atoms with Gasteiger partial charge in [-0.25, -0.2) is 9.36 Å². The van der Waals surface area contributed by atoms with Crippen molar-refractivity contribution in [1.82, 2.24) is 14.6 Å². The first-order valence-corrected chi connectivity index (χ1v) is 15.5. The van der Waals surface area contributed by atoms with Crippen LogP contribution in [0.2, 0.25) is 0 Å². The Balaban J connectivity index is 1.64. The lowest BCUT2D eigenvalue weighted by atomic mass is 9.82. The van der Waals surface area contributed by atoms with Crippen LogP contribution in [0.25, 0.3) is 0 Å². The Morgan fingerprint density at radius 3 is 2.49 bits per heavy atom. The molecule has 1 aromatic carbocycles. The molecule has 0 radical (unpaired) electrons. The molecular weight excluding hydrogens is 583 g/mol. The lowest BCUT2D eigenvalue weighted by Gasteiger charge is -2.32. The zero-order valence-electron chi connectivity index (χ0n) is 24.3. The number of ether oxygens (including phenoxy) is 3. The fraction of sp³-hybridized carbons (Fsp3) is 0.536. The van der Waals surface area contributed by atoms with Gasteiger partial charge in [-0.1, -0.05) is 24.6 Å². The molecule has 1 unspecified atom stereocenters. The summed E-state index contributed by atoms with van der Waals surface area (Å²) in [5.41, 5.74) is -3.13. The van der Waals surface area contributed by atoms with Crippen LogP contribution in [0.15, 0.2) is 52.2 Å². The lowest BCUT2D eigenvalue weighted by Crippen LogP contribution is -2.44. The topological polar surface area (TPSA) is 188 Å². The standard InChI is InChI=1S/C28H35N4O10P/c1-17(2)39-24(34)18(3)31-43(37,42-20-11-6-5-7-12-20)38-15-21-23(41-25(35)19-9-8-10-19)28(4,16-29)26(40-21)32-14-13-22(33)30-27(32)36/h5-7,11-14,17-19,21,23,26H,8-10,15H2,1-4H3,(H,31,37)(H,30,33,36)/t18-,21+,23+,26+,28+,43?/m0/s1. The zero-order chi connectivity index (χ0) is 31.4. The SMILES string of the molecule is CC(C)OC(=O)[C@H](C)NP(=O)(OC[C@H]1O[C@@H](n2ccc(=O)[nH]c2=O)[C@](C)(C#N)[C@@H]1OC(=O)C1CCC1)Oc1ccccc1. The number of nitrogens with zero attached hydrogens (tertiary/aromatic N) is 2. The highest BCUT2D eigenvalue weighted by molar-refractivity contribution is 7.52. The molecule has 2 aliphatic rings. The molecule has 1 aromatic heterocycles. The van der Waals surface area contributed by atoms with Crippen LogP contribution in [0, 0.1) is 22.7 Å². The third-order valence-electron chi connectivity index (χ3n) is 7.21. The van der Waals surface area contributed by atoms with Crippen molar-refractivity contribution in [2.75, 3.05) is 6.61 Å². The fourth-order valence-corrected chi connectivity index (χ4v) is 6.19. The highest BCUT2D eigenvalue weighted by Gasteiger charge is 2.58. The highest BCUT2D eigenvalue weighted by atomic mass is 31.2. The third-order valence-corrected chi connectivity index (χ3v) is 8.85. The molecule has 14 nitrogen and oxygen atoms in total. The zero-order valence-corrected chi connectivity index (χ0v) is 25.2. The molecule has 1 saturated carbocycles. The first-order valence-electron chi connectivity index (χ1n) is 13.9. The van der Waals surface area contributed by atoms with E-state index in [1.807, 2.05) is 0 Å². The number of aromatic amines is 1. The molecule has 2 heterocycles. The van der Waals surface area contributed by atoms with Crippen molar-refractivity contribution in [3.63, 3.8) is 0 Å². The van der Waals surface area contributed by atoms with E-state index in [2.05, 4.69) is 16.1 Å². The van der Waals surface area contributed by atoms with Gasteiger partial charge in [0, 0.05) is 12.3 Å². The third kappa shape index (κ3) is 7.43. The van der Waals surface area contributed by atoms with Crippen molar-refractivity contribution in [3.8, 4) is 11.8 Å². The van der Waals surface area contributed by atoms with Crippen molar-refractivity contribution in [2.24, 2.45) is 11.3 Å². The Labute approximate surface area is 247 Å². The maximum atomic E-state index is 14.0. The Hall–Kier alpha value is -3.76. The summed E-state index contributed by atoms with van der Waals surface area (Å²) in [6.07, 6.45) is -0.946. The number of aromatic nitrogens is 2. The van der Waals surface area contributed by atoms with E-state index in [0.29, 0.717) is 12.8 Å². The lowest BCUT2D eigenvalue weighted by molar-refractivity contribution is -0.163. The molecule has 232 valence electrons. The van der Waals surface area contributed by atoms with Crippen LogP contribution in [0.4, 0.5) is 0 Å². The fourth-order valence-electron chi connectivity index (χ4n) is 4.69. The van der Waals surface area contributed by atoms with E-state index >= 15 is 0 Å².